The summed E-state index contributed by atoms with van der Waals surface area (Å²) in [4.78, 5) is 32.5. The lowest BCUT2D eigenvalue weighted by atomic mass is 9.99. The van der Waals surface area contributed by atoms with Crippen LogP contribution in [0.1, 0.15) is 40.2 Å². The summed E-state index contributed by atoms with van der Waals surface area (Å²) >= 11 is 0. The van der Waals surface area contributed by atoms with E-state index in [1.165, 1.54) is 20.8 Å². The van der Waals surface area contributed by atoms with Crippen molar-refractivity contribution in [1.82, 2.24) is 0 Å². The van der Waals surface area contributed by atoms with Gasteiger partial charge in [-0.1, -0.05) is 36.9 Å². The summed E-state index contributed by atoms with van der Waals surface area (Å²) < 4.78 is 9.76. The minimum Gasteiger partial charge on any atom is -0.420 e. The van der Waals surface area contributed by atoms with Crippen LogP contribution in [0, 0.1) is 0 Å². The Bertz CT molecular complexity index is 590. The number of esters is 1. The maximum absolute atomic E-state index is 11.6. The second-order valence-corrected chi connectivity index (χ2v) is 6.03. The molecule has 7 heteroatoms. The van der Waals surface area contributed by atoms with Crippen LogP contribution < -0.4 is 0 Å². The van der Waals surface area contributed by atoms with Gasteiger partial charge in [0.2, 0.25) is 0 Å². The van der Waals surface area contributed by atoms with Crippen LogP contribution in [-0.4, -0.2) is 17.9 Å². The van der Waals surface area contributed by atoms with Crippen LogP contribution >= 0.6 is 0 Å². The molecule has 0 aliphatic heterocycles. The number of carbonyl (C=O) groups is 2. The van der Waals surface area contributed by atoms with E-state index >= 15 is 0 Å². The van der Waals surface area contributed by atoms with Gasteiger partial charge in [-0.05, 0) is 31.4 Å². The summed E-state index contributed by atoms with van der Waals surface area (Å²) in [5.41, 5.74) is 0.130. The summed E-state index contributed by atoms with van der Waals surface area (Å²) in [6, 6.07) is 9.22. The molecule has 0 bridgehead atoms. The van der Waals surface area contributed by atoms with Crippen LogP contribution in [0.4, 0.5) is 4.79 Å². The van der Waals surface area contributed by atoms with Crippen LogP contribution in [0.3, 0.4) is 0 Å². The molecule has 0 aliphatic carbocycles. The number of hydrogen-bond donors (Lipinski definition) is 0. The van der Waals surface area contributed by atoms with Crippen molar-refractivity contribution >= 4 is 12.1 Å². The molecule has 0 spiro atoms. The first kappa shape index (κ1) is 19.7. The molecular weight excluding hydrogens is 316 g/mol. The van der Waals surface area contributed by atoms with Gasteiger partial charge in [-0.15, -0.1) is 0 Å². The normalized spacial score (nSPS) is 11.5. The first-order valence-corrected chi connectivity index (χ1v) is 7.23. The SMILES string of the molecule is C=C(C)C(=O)OC(C)(C)OC(=O)OOOC(C)(C)c1ccccc1. The Morgan fingerprint density at radius 1 is 1.00 bits per heavy atom. The van der Waals surface area contributed by atoms with E-state index in [2.05, 4.69) is 16.5 Å². The Morgan fingerprint density at radius 2 is 1.58 bits per heavy atom. The van der Waals surface area contributed by atoms with E-state index in [0.29, 0.717) is 0 Å². The Balaban J connectivity index is 2.46. The van der Waals surface area contributed by atoms with E-state index in [1.54, 1.807) is 13.8 Å². The van der Waals surface area contributed by atoms with Crippen LogP contribution in [0.5, 0.6) is 0 Å². The van der Waals surface area contributed by atoms with Crippen molar-refractivity contribution in [2.24, 2.45) is 0 Å². The molecule has 1 aromatic carbocycles. The fraction of sp³-hybridized carbons (Fsp3) is 0.412. The van der Waals surface area contributed by atoms with Crippen molar-refractivity contribution in [3.8, 4) is 0 Å². The van der Waals surface area contributed by atoms with E-state index in [4.69, 9.17) is 14.4 Å². The monoisotopic (exact) mass is 338 g/mol. The summed E-state index contributed by atoms with van der Waals surface area (Å²) in [5.74, 6) is -2.25. The smallest absolute Gasteiger partial charge is 0.420 e. The Morgan fingerprint density at radius 3 is 2.12 bits per heavy atom. The molecule has 24 heavy (non-hydrogen) atoms. The molecule has 0 heterocycles. The largest absolute Gasteiger partial charge is 0.545 e. The fourth-order valence-electron chi connectivity index (χ4n) is 1.57. The van der Waals surface area contributed by atoms with Gasteiger partial charge < -0.3 is 9.47 Å². The third-order valence-electron chi connectivity index (χ3n) is 2.83. The predicted octanol–water partition coefficient (Wildman–Crippen LogP) is 3.79. The highest BCUT2D eigenvalue weighted by Crippen LogP contribution is 2.24. The third-order valence-corrected chi connectivity index (χ3v) is 2.83. The number of carbonyl (C=O) groups excluding carboxylic acids is 2. The Hall–Kier alpha value is -2.38. The van der Waals surface area contributed by atoms with E-state index in [1.807, 2.05) is 30.3 Å². The van der Waals surface area contributed by atoms with Gasteiger partial charge in [0, 0.05) is 19.4 Å². The zero-order chi connectivity index (χ0) is 18.4. The lowest BCUT2D eigenvalue weighted by molar-refractivity contribution is -0.522. The van der Waals surface area contributed by atoms with Gasteiger partial charge >= 0.3 is 12.1 Å². The molecule has 0 amide bonds. The zero-order valence-electron chi connectivity index (χ0n) is 14.5. The highest BCUT2D eigenvalue weighted by molar-refractivity contribution is 5.87. The van der Waals surface area contributed by atoms with Gasteiger partial charge in [-0.3, -0.25) is 0 Å². The van der Waals surface area contributed by atoms with Crippen molar-refractivity contribution in [3.05, 3.63) is 48.0 Å². The second-order valence-electron chi connectivity index (χ2n) is 6.03. The fourth-order valence-corrected chi connectivity index (χ4v) is 1.57. The molecule has 0 N–H and O–H groups in total. The zero-order valence-corrected chi connectivity index (χ0v) is 14.5. The highest BCUT2D eigenvalue weighted by atomic mass is 17.5. The molecule has 1 aromatic rings. The number of benzene rings is 1. The van der Waals surface area contributed by atoms with E-state index in [-0.39, 0.29) is 5.57 Å². The van der Waals surface area contributed by atoms with Crippen molar-refractivity contribution in [1.29, 1.82) is 0 Å². The molecule has 0 radical (unpaired) electrons. The number of rotatable bonds is 7. The molecule has 0 fully saturated rings. The van der Waals surface area contributed by atoms with Gasteiger partial charge in [0.1, 0.15) is 5.60 Å². The van der Waals surface area contributed by atoms with Crippen molar-refractivity contribution < 1.29 is 33.9 Å². The van der Waals surface area contributed by atoms with Gasteiger partial charge in [-0.2, -0.15) is 4.89 Å². The van der Waals surface area contributed by atoms with Gasteiger partial charge in [0.25, 0.3) is 5.79 Å². The summed E-state index contributed by atoms with van der Waals surface area (Å²) in [6.45, 7) is 11.1. The summed E-state index contributed by atoms with van der Waals surface area (Å²) in [5, 5.41) is 4.48. The van der Waals surface area contributed by atoms with E-state index < -0.39 is 23.5 Å². The topological polar surface area (TPSA) is 80.3 Å². The number of ether oxygens (including phenoxy) is 2. The molecule has 0 saturated heterocycles. The third kappa shape index (κ3) is 6.39. The molecule has 7 nitrogen and oxygen atoms in total. The Kier molecular flexibility index (Phi) is 6.51. The predicted molar refractivity (Wildman–Crippen MR) is 84.2 cm³/mol. The van der Waals surface area contributed by atoms with Crippen LogP contribution in [-0.2, 0) is 34.7 Å². The highest BCUT2D eigenvalue weighted by Gasteiger charge is 2.30. The van der Waals surface area contributed by atoms with Crippen LogP contribution in [0.25, 0.3) is 0 Å². The first-order chi connectivity index (χ1) is 11.0. The quantitative estimate of drug-likeness (QED) is 0.246. The minimum atomic E-state index is -1.55. The second kappa shape index (κ2) is 7.94. The van der Waals surface area contributed by atoms with Crippen molar-refractivity contribution in [3.63, 3.8) is 0 Å². The minimum absolute atomic E-state index is 0.171. The molecule has 0 saturated carbocycles. The molecule has 132 valence electrons. The molecule has 0 atom stereocenters. The van der Waals surface area contributed by atoms with Crippen molar-refractivity contribution in [2.75, 3.05) is 0 Å². The van der Waals surface area contributed by atoms with Gasteiger partial charge in [0.05, 0.1) is 0 Å². The lowest BCUT2D eigenvalue weighted by Crippen LogP contribution is -2.34. The maximum Gasteiger partial charge on any atom is 0.545 e. The molecular formula is C17H22O7. The first-order valence-electron chi connectivity index (χ1n) is 7.23. The number of hydrogen-bond acceptors (Lipinski definition) is 7. The van der Waals surface area contributed by atoms with Crippen LogP contribution in [0.15, 0.2) is 42.5 Å². The van der Waals surface area contributed by atoms with E-state index in [0.717, 1.165) is 5.56 Å². The molecule has 0 aromatic heterocycles. The van der Waals surface area contributed by atoms with Crippen molar-refractivity contribution in [2.45, 2.75) is 46.0 Å². The van der Waals surface area contributed by atoms with Gasteiger partial charge in [-0.25, -0.2) is 14.5 Å². The maximum atomic E-state index is 11.6. The van der Waals surface area contributed by atoms with E-state index in [9.17, 15) is 9.59 Å². The average molecular weight is 338 g/mol. The Labute approximate surface area is 141 Å². The lowest BCUT2D eigenvalue weighted by Gasteiger charge is -2.25. The standard InChI is InChI=1S/C17H22O7/c1-12(2)14(18)20-17(5,6)21-15(19)22-24-23-16(3,4)13-10-8-7-9-11-13/h7-11H,1H2,2-6H3. The molecule has 0 unspecified atom stereocenters. The summed E-state index contributed by atoms with van der Waals surface area (Å²) in [6.07, 6.45) is -1.22. The van der Waals surface area contributed by atoms with Gasteiger partial charge in [0.15, 0.2) is 0 Å². The average Bonchev–Trinajstić information content (AvgIpc) is 2.46. The summed E-state index contributed by atoms with van der Waals surface area (Å²) in [7, 11) is 0. The molecule has 0 aliphatic rings. The van der Waals surface area contributed by atoms with Crippen LogP contribution in [0.2, 0.25) is 0 Å². The molecule has 1 rings (SSSR count).